The van der Waals surface area contributed by atoms with E-state index in [0.717, 1.165) is 11.3 Å². The minimum absolute atomic E-state index is 0.330. The number of rotatable bonds is 3. The number of hydrogen-bond acceptors (Lipinski definition) is 3. The molecule has 0 atom stereocenters. The third-order valence-corrected chi connectivity index (χ3v) is 1.52. The minimum atomic E-state index is 0.330. The Morgan fingerprint density at radius 2 is 2.38 bits per heavy atom. The Balaban J connectivity index is 2.93. The molecule has 0 fully saturated rings. The molecule has 0 radical (unpaired) electrons. The van der Waals surface area contributed by atoms with Crippen molar-refractivity contribution in [2.45, 2.75) is 13.5 Å². The Kier molecular flexibility index (Phi) is 3.11. The number of hydrogen-bond donors (Lipinski definition) is 0. The summed E-state index contributed by atoms with van der Waals surface area (Å²) in [5.41, 5.74) is 9.89. The normalized spacial score (nSPS) is 9.08. The van der Waals surface area contributed by atoms with Gasteiger partial charge in [-0.3, -0.25) is 0 Å². The van der Waals surface area contributed by atoms with Gasteiger partial charge in [-0.1, -0.05) is 5.11 Å². The molecule has 5 heteroatoms. The average molecular weight is 178 g/mol. The average Bonchev–Trinajstić information content (AvgIpc) is 2.14. The molecule has 0 saturated heterocycles. The molecule has 0 unspecified atom stereocenters. The second kappa shape index (κ2) is 4.33. The van der Waals surface area contributed by atoms with E-state index in [4.69, 9.17) is 10.3 Å². The molecule has 0 aliphatic heterocycles. The van der Waals surface area contributed by atoms with Crippen LogP contribution in [0.25, 0.3) is 10.4 Å². The molecule has 1 heterocycles. The van der Waals surface area contributed by atoms with Crippen molar-refractivity contribution in [1.29, 1.82) is 0 Å². The molecule has 0 spiro atoms. The molecular weight excluding hydrogens is 168 g/mol. The summed E-state index contributed by atoms with van der Waals surface area (Å²) in [6, 6.07) is 3.61. The van der Waals surface area contributed by atoms with Crippen LogP contribution in [0.4, 0.5) is 0 Å². The van der Waals surface area contributed by atoms with Crippen LogP contribution in [0.3, 0.4) is 0 Å². The summed E-state index contributed by atoms with van der Waals surface area (Å²) in [4.78, 5) is 6.78. The lowest BCUT2D eigenvalue weighted by Gasteiger charge is -2.02. The Labute approximate surface area is 76.0 Å². The van der Waals surface area contributed by atoms with Crippen LogP contribution in [0.2, 0.25) is 0 Å². The largest absolute Gasteiger partial charge is 0.481 e. The topological polar surface area (TPSA) is 70.9 Å². The van der Waals surface area contributed by atoms with E-state index >= 15 is 0 Å². The zero-order valence-corrected chi connectivity index (χ0v) is 7.56. The Hall–Kier alpha value is -1.74. The Morgan fingerprint density at radius 3 is 3.00 bits per heavy atom. The van der Waals surface area contributed by atoms with Crippen molar-refractivity contribution < 1.29 is 4.74 Å². The number of aryl methyl sites for hydroxylation is 1. The zero-order chi connectivity index (χ0) is 9.68. The van der Waals surface area contributed by atoms with Gasteiger partial charge in [0.2, 0.25) is 5.88 Å². The predicted molar refractivity (Wildman–Crippen MR) is 48.4 cm³/mol. The fourth-order valence-corrected chi connectivity index (χ4v) is 1.02. The molecule has 0 amide bonds. The summed E-state index contributed by atoms with van der Waals surface area (Å²) >= 11 is 0. The highest BCUT2D eigenvalue weighted by Gasteiger charge is 1.98. The second-order valence-corrected chi connectivity index (χ2v) is 2.55. The van der Waals surface area contributed by atoms with E-state index in [-0.39, 0.29) is 0 Å². The molecule has 0 N–H and O–H groups in total. The van der Waals surface area contributed by atoms with Gasteiger partial charge in [-0.25, -0.2) is 4.98 Å². The lowest BCUT2D eigenvalue weighted by Crippen LogP contribution is -1.92. The number of azide groups is 1. The molecule has 1 aromatic rings. The van der Waals surface area contributed by atoms with E-state index in [1.54, 1.807) is 13.2 Å². The minimum Gasteiger partial charge on any atom is -0.481 e. The van der Waals surface area contributed by atoms with Gasteiger partial charge in [-0.15, -0.1) is 0 Å². The van der Waals surface area contributed by atoms with Crippen LogP contribution < -0.4 is 4.74 Å². The molecule has 13 heavy (non-hydrogen) atoms. The number of ether oxygens (including phenoxy) is 1. The van der Waals surface area contributed by atoms with Crippen molar-refractivity contribution in [1.82, 2.24) is 4.98 Å². The molecular formula is C8H10N4O. The first-order chi connectivity index (χ1) is 6.26. The van der Waals surface area contributed by atoms with Crippen molar-refractivity contribution in [3.05, 3.63) is 33.8 Å². The van der Waals surface area contributed by atoms with Gasteiger partial charge in [-0.05, 0) is 24.1 Å². The third kappa shape index (κ3) is 2.65. The molecule has 5 nitrogen and oxygen atoms in total. The molecule has 1 rings (SSSR count). The predicted octanol–water partition coefficient (Wildman–Crippen LogP) is 2.21. The maximum atomic E-state index is 8.13. The highest BCUT2D eigenvalue weighted by molar-refractivity contribution is 5.24. The van der Waals surface area contributed by atoms with Crippen LogP contribution in [-0.2, 0) is 6.54 Å². The van der Waals surface area contributed by atoms with Crippen molar-refractivity contribution in [3.8, 4) is 5.88 Å². The third-order valence-electron chi connectivity index (χ3n) is 1.52. The van der Waals surface area contributed by atoms with Crippen molar-refractivity contribution in [3.63, 3.8) is 0 Å². The first-order valence-corrected chi connectivity index (χ1v) is 3.78. The van der Waals surface area contributed by atoms with Crippen molar-refractivity contribution in [2.75, 3.05) is 7.11 Å². The summed E-state index contributed by atoms with van der Waals surface area (Å²) in [5.74, 6) is 0.545. The van der Waals surface area contributed by atoms with E-state index in [9.17, 15) is 0 Å². The first-order valence-electron chi connectivity index (χ1n) is 3.78. The number of nitrogens with zero attached hydrogens (tertiary/aromatic N) is 4. The molecule has 1 aromatic heterocycles. The maximum Gasteiger partial charge on any atom is 0.213 e. The lowest BCUT2D eigenvalue weighted by atomic mass is 10.2. The maximum absolute atomic E-state index is 8.13. The van der Waals surface area contributed by atoms with Gasteiger partial charge in [0, 0.05) is 16.7 Å². The Bertz CT molecular complexity index is 344. The van der Waals surface area contributed by atoms with Gasteiger partial charge in [0.25, 0.3) is 0 Å². The molecule has 68 valence electrons. The van der Waals surface area contributed by atoms with Crippen LogP contribution in [0.15, 0.2) is 17.2 Å². The van der Waals surface area contributed by atoms with Gasteiger partial charge < -0.3 is 4.74 Å². The van der Waals surface area contributed by atoms with Crippen LogP contribution in [0.1, 0.15) is 11.3 Å². The van der Waals surface area contributed by atoms with Crippen molar-refractivity contribution >= 4 is 0 Å². The smallest absolute Gasteiger partial charge is 0.213 e. The van der Waals surface area contributed by atoms with Crippen LogP contribution in [0, 0.1) is 6.92 Å². The molecule has 0 bridgehead atoms. The highest BCUT2D eigenvalue weighted by Crippen LogP contribution is 2.12. The second-order valence-electron chi connectivity index (χ2n) is 2.55. The van der Waals surface area contributed by atoms with E-state index < -0.39 is 0 Å². The van der Waals surface area contributed by atoms with Crippen LogP contribution in [0.5, 0.6) is 5.88 Å². The number of aromatic nitrogens is 1. The van der Waals surface area contributed by atoms with E-state index in [2.05, 4.69) is 15.0 Å². The van der Waals surface area contributed by atoms with Gasteiger partial charge in [0.1, 0.15) is 0 Å². The summed E-state index contributed by atoms with van der Waals surface area (Å²) in [6.45, 7) is 2.19. The summed E-state index contributed by atoms with van der Waals surface area (Å²) < 4.78 is 4.97. The monoisotopic (exact) mass is 178 g/mol. The first kappa shape index (κ1) is 9.35. The van der Waals surface area contributed by atoms with E-state index in [1.807, 2.05) is 13.0 Å². The summed E-state index contributed by atoms with van der Waals surface area (Å²) in [6.07, 6.45) is 0. The fraction of sp³-hybridized carbons (Fsp3) is 0.375. The van der Waals surface area contributed by atoms with Crippen LogP contribution in [-0.4, -0.2) is 12.1 Å². The fourth-order valence-electron chi connectivity index (χ4n) is 1.02. The molecule has 0 saturated carbocycles. The standard InChI is InChI=1S/C8H10N4O/c1-6-3-7(5-10-12-9)4-8(11-6)13-2/h3-4H,5H2,1-2H3. The van der Waals surface area contributed by atoms with Crippen molar-refractivity contribution in [2.24, 2.45) is 5.11 Å². The quantitative estimate of drug-likeness (QED) is 0.404. The van der Waals surface area contributed by atoms with Gasteiger partial charge >= 0.3 is 0 Å². The van der Waals surface area contributed by atoms with Gasteiger partial charge in [0.15, 0.2) is 0 Å². The van der Waals surface area contributed by atoms with Crippen LogP contribution >= 0.6 is 0 Å². The zero-order valence-electron chi connectivity index (χ0n) is 7.56. The van der Waals surface area contributed by atoms with Gasteiger partial charge in [-0.2, -0.15) is 0 Å². The van der Waals surface area contributed by atoms with E-state index in [0.29, 0.717) is 12.4 Å². The SMILES string of the molecule is COc1cc(CN=[N+]=[N-])cc(C)n1. The highest BCUT2D eigenvalue weighted by atomic mass is 16.5. The molecule has 0 aliphatic carbocycles. The summed E-state index contributed by atoms with van der Waals surface area (Å²) in [5, 5.41) is 3.46. The van der Waals surface area contributed by atoms with Gasteiger partial charge in [0.05, 0.1) is 13.7 Å². The molecule has 0 aromatic carbocycles. The Morgan fingerprint density at radius 1 is 1.62 bits per heavy atom. The van der Waals surface area contributed by atoms with E-state index in [1.165, 1.54) is 0 Å². The summed E-state index contributed by atoms with van der Waals surface area (Å²) in [7, 11) is 1.55. The molecule has 0 aliphatic rings. The number of methoxy groups -OCH3 is 1. The number of pyridine rings is 1. The lowest BCUT2D eigenvalue weighted by molar-refractivity contribution is 0.396.